The van der Waals surface area contributed by atoms with Gasteiger partial charge in [-0.15, -0.1) is 0 Å². The summed E-state index contributed by atoms with van der Waals surface area (Å²) in [5.74, 6) is -0.432. The van der Waals surface area contributed by atoms with E-state index in [2.05, 4.69) is 44.8 Å². The zero-order valence-corrected chi connectivity index (χ0v) is 17.7. The van der Waals surface area contributed by atoms with Gasteiger partial charge >= 0.3 is 5.97 Å². The predicted octanol–water partition coefficient (Wildman–Crippen LogP) is 4.68. The fourth-order valence-corrected chi connectivity index (χ4v) is 4.84. The van der Waals surface area contributed by atoms with E-state index in [1.165, 1.54) is 12.5 Å². The Morgan fingerprint density at radius 2 is 2.04 bits per heavy atom. The Morgan fingerprint density at radius 1 is 1.35 bits per heavy atom. The minimum atomic E-state index is -0.918. The summed E-state index contributed by atoms with van der Waals surface area (Å²) in [6.45, 7) is 13.2. The molecule has 5 heteroatoms. The Hall–Kier alpha value is -1.59. The van der Waals surface area contributed by atoms with Crippen LogP contribution < -0.4 is 4.90 Å². The molecule has 1 N–H and O–H groups in total. The summed E-state index contributed by atoms with van der Waals surface area (Å²) in [4.78, 5) is 13.3. The third kappa shape index (κ3) is 5.71. The molecule has 0 aliphatic carbocycles. The van der Waals surface area contributed by atoms with E-state index in [1.54, 1.807) is 6.08 Å². The van der Waals surface area contributed by atoms with Crippen LogP contribution in [0.2, 0.25) is 13.1 Å². The molecule has 26 heavy (non-hydrogen) atoms. The van der Waals surface area contributed by atoms with E-state index in [0.29, 0.717) is 5.92 Å². The van der Waals surface area contributed by atoms with E-state index in [-0.39, 0.29) is 11.5 Å². The second-order valence-electron chi connectivity index (χ2n) is 8.39. The quantitative estimate of drug-likeness (QED) is 0.580. The fraction of sp³-hybridized carbons (Fsp3) is 0.571. The molecule has 2 rings (SSSR count). The van der Waals surface area contributed by atoms with Gasteiger partial charge in [-0.2, -0.15) is 0 Å². The van der Waals surface area contributed by atoms with Gasteiger partial charge in [-0.1, -0.05) is 39.0 Å². The van der Waals surface area contributed by atoms with Crippen LogP contribution in [0, 0.1) is 11.3 Å². The molecule has 0 amide bonds. The molecule has 0 spiro atoms. The van der Waals surface area contributed by atoms with Gasteiger partial charge in [0, 0.05) is 30.8 Å². The number of nitrogens with zero attached hydrogens (tertiary/aromatic N) is 1. The van der Waals surface area contributed by atoms with Gasteiger partial charge in [0.1, 0.15) is 0 Å². The van der Waals surface area contributed by atoms with Crippen LogP contribution in [-0.2, 0) is 9.22 Å². The standard InChI is InChI=1S/C21H32NO3Si/c1-21(2,3)20(25-26(4)5)17-10-8-14-22(15-17)18-11-7-6-9-16(18)12-13-19(23)24/h6-7,9,11-13,17,20H,8,10,14-15H2,1-5H3,(H,23,24). The maximum Gasteiger partial charge on any atom is 0.328 e. The minimum absolute atomic E-state index is 0.109. The highest BCUT2D eigenvalue weighted by Crippen LogP contribution is 2.36. The summed E-state index contributed by atoms with van der Waals surface area (Å²) in [6, 6.07) is 8.05. The van der Waals surface area contributed by atoms with Crippen molar-refractivity contribution in [2.75, 3.05) is 18.0 Å². The van der Waals surface area contributed by atoms with Crippen molar-refractivity contribution in [1.29, 1.82) is 0 Å². The number of carboxylic acids is 1. The molecule has 1 aliphatic rings. The first kappa shape index (κ1) is 20.7. The fourth-order valence-electron chi connectivity index (χ4n) is 3.79. The first-order valence-electron chi connectivity index (χ1n) is 9.40. The first-order chi connectivity index (χ1) is 12.2. The highest BCUT2D eigenvalue weighted by Gasteiger charge is 2.36. The Kier molecular flexibility index (Phi) is 7.06. The number of hydrogen-bond donors (Lipinski definition) is 1. The monoisotopic (exact) mass is 374 g/mol. The van der Waals surface area contributed by atoms with Crippen molar-refractivity contribution in [3.05, 3.63) is 35.9 Å². The summed E-state index contributed by atoms with van der Waals surface area (Å²) >= 11 is 0. The van der Waals surface area contributed by atoms with Crippen molar-refractivity contribution in [3.8, 4) is 0 Å². The lowest BCUT2D eigenvalue weighted by Gasteiger charge is -2.44. The van der Waals surface area contributed by atoms with E-state index < -0.39 is 15.0 Å². The van der Waals surface area contributed by atoms with Crippen LogP contribution in [0.1, 0.15) is 39.2 Å². The second-order valence-corrected chi connectivity index (χ2v) is 10.4. The van der Waals surface area contributed by atoms with Crippen molar-refractivity contribution in [1.82, 2.24) is 0 Å². The van der Waals surface area contributed by atoms with Gasteiger partial charge in [-0.05, 0) is 49.1 Å². The van der Waals surface area contributed by atoms with Crippen molar-refractivity contribution in [3.63, 3.8) is 0 Å². The van der Waals surface area contributed by atoms with Crippen molar-refractivity contribution < 1.29 is 14.3 Å². The first-order valence-corrected chi connectivity index (χ1v) is 11.8. The van der Waals surface area contributed by atoms with E-state index >= 15 is 0 Å². The van der Waals surface area contributed by atoms with Crippen LogP contribution >= 0.6 is 0 Å². The third-order valence-electron chi connectivity index (χ3n) is 4.79. The number of rotatable bonds is 6. The third-order valence-corrected chi connectivity index (χ3v) is 5.51. The van der Waals surface area contributed by atoms with E-state index in [0.717, 1.165) is 30.8 Å². The van der Waals surface area contributed by atoms with Crippen LogP contribution in [0.4, 0.5) is 5.69 Å². The summed E-state index contributed by atoms with van der Waals surface area (Å²) in [6.07, 6.45) is 5.46. The van der Waals surface area contributed by atoms with E-state index in [9.17, 15) is 4.79 Å². The lowest BCUT2D eigenvalue weighted by Crippen LogP contribution is -2.47. The molecule has 1 aromatic rings. The normalized spacial score (nSPS) is 19.9. The summed E-state index contributed by atoms with van der Waals surface area (Å²) in [5, 5.41) is 8.95. The Labute approximate surface area is 159 Å². The van der Waals surface area contributed by atoms with Gasteiger partial charge in [-0.25, -0.2) is 4.79 Å². The molecule has 1 fully saturated rings. The zero-order chi connectivity index (χ0) is 19.3. The number of para-hydroxylation sites is 1. The average Bonchev–Trinajstić information content (AvgIpc) is 2.57. The average molecular weight is 375 g/mol. The molecule has 0 aromatic heterocycles. The molecule has 2 unspecified atom stereocenters. The minimum Gasteiger partial charge on any atom is -0.478 e. The van der Waals surface area contributed by atoms with Crippen molar-refractivity contribution in [2.24, 2.45) is 11.3 Å². The van der Waals surface area contributed by atoms with Crippen LogP contribution in [0.5, 0.6) is 0 Å². The Bertz CT molecular complexity index is 636. The van der Waals surface area contributed by atoms with Crippen LogP contribution in [-0.4, -0.2) is 39.3 Å². The molecular weight excluding hydrogens is 342 g/mol. The summed E-state index contributed by atoms with van der Waals surface area (Å²) in [7, 11) is -0.766. The SMILES string of the molecule is C[Si](C)OC(C1CCCN(c2ccccc2C=CC(=O)O)C1)C(C)(C)C. The molecule has 1 aliphatic heterocycles. The molecule has 0 bridgehead atoms. The smallest absolute Gasteiger partial charge is 0.328 e. The predicted molar refractivity (Wildman–Crippen MR) is 110 cm³/mol. The lowest BCUT2D eigenvalue weighted by atomic mass is 9.78. The van der Waals surface area contributed by atoms with Crippen LogP contribution in [0.3, 0.4) is 0 Å². The molecule has 2 atom stereocenters. The zero-order valence-electron chi connectivity index (χ0n) is 16.7. The highest BCUT2D eigenvalue weighted by atomic mass is 28.3. The van der Waals surface area contributed by atoms with Crippen molar-refractivity contribution in [2.45, 2.75) is 52.8 Å². The topological polar surface area (TPSA) is 49.8 Å². The number of hydrogen-bond acceptors (Lipinski definition) is 3. The molecule has 1 radical (unpaired) electrons. The molecule has 4 nitrogen and oxygen atoms in total. The van der Waals surface area contributed by atoms with Gasteiger partial charge in [-0.3, -0.25) is 0 Å². The number of aliphatic carboxylic acids is 1. The van der Waals surface area contributed by atoms with E-state index in [4.69, 9.17) is 9.53 Å². The number of anilines is 1. The molecular formula is C21H32NO3Si. The summed E-state index contributed by atoms with van der Waals surface area (Å²) < 4.78 is 6.43. The van der Waals surface area contributed by atoms with Gasteiger partial charge in [0.25, 0.3) is 0 Å². The largest absolute Gasteiger partial charge is 0.478 e. The number of carbonyl (C=O) groups is 1. The summed E-state index contributed by atoms with van der Waals surface area (Å²) in [5.41, 5.74) is 2.18. The molecule has 1 saturated heterocycles. The molecule has 1 aromatic carbocycles. The number of carboxylic acid groups (broad SMARTS) is 1. The van der Waals surface area contributed by atoms with Gasteiger partial charge in [0.05, 0.1) is 6.10 Å². The molecule has 143 valence electrons. The van der Waals surface area contributed by atoms with Crippen LogP contribution in [0.15, 0.2) is 30.3 Å². The lowest BCUT2D eigenvalue weighted by molar-refractivity contribution is -0.131. The van der Waals surface area contributed by atoms with E-state index in [1.807, 2.05) is 18.2 Å². The molecule has 1 heterocycles. The van der Waals surface area contributed by atoms with Gasteiger partial charge < -0.3 is 14.4 Å². The van der Waals surface area contributed by atoms with Gasteiger partial charge in [0.2, 0.25) is 9.04 Å². The molecule has 0 saturated carbocycles. The van der Waals surface area contributed by atoms with Crippen LogP contribution in [0.25, 0.3) is 6.08 Å². The van der Waals surface area contributed by atoms with Gasteiger partial charge in [0.15, 0.2) is 0 Å². The highest BCUT2D eigenvalue weighted by molar-refractivity contribution is 6.48. The van der Waals surface area contributed by atoms with Crippen molar-refractivity contribution >= 4 is 26.8 Å². The number of benzene rings is 1. The maximum absolute atomic E-state index is 10.9. The second kappa shape index (κ2) is 8.87. The maximum atomic E-state index is 10.9. The Morgan fingerprint density at radius 3 is 2.65 bits per heavy atom. The Balaban J connectivity index is 2.24. The number of piperidine rings is 1.